The average Bonchev–Trinajstić information content (AvgIpc) is 3.15. The number of nitrogens with zero attached hydrogens (tertiary/aromatic N) is 2. The van der Waals surface area contributed by atoms with Crippen molar-refractivity contribution in [3.63, 3.8) is 0 Å². The third-order valence-corrected chi connectivity index (χ3v) is 6.65. The molecule has 0 aliphatic carbocycles. The molecule has 2 heterocycles. The van der Waals surface area contributed by atoms with Crippen LogP contribution in [0.15, 0.2) is 51.6 Å². The first kappa shape index (κ1) is 20.3. The Kier molecular flexibility index (Phi) is 5.69. The van der Waals surface area contributed by atoms with Crippen LogP contribution < -0.4 is 10.7 Å². The summed E-state index contributed by atoms with van der Waals surface area (Å²) in [7, 11) is 0. The molecule has 6 nitrogen and oxygen atoms in total. The van der Waals surface area contributed by atoms with Crippen LogP contribution in [0.25, 0.3) is 10.9 Å². The van der Waals surface area contributed by atoms with Gasteiger partial charge in [0.25, 0.3) is 5.91 Å². The second kappa shape index (κ2) is 8.41. The second-order valence-electron chi connectivity index (χ2n) is 7.15. The number of aromatic amines is 1. The summed E-state index contributed by atoms with van der Waals surface area (Å²) in [5.41, 5.74) is 5.49. The summed E-state index contributed by atoms with van der Waals surface area (Å²) in [5.74, 6) is 0.339. The van der Waals surface area contributed by atoms with Gasteiger partial charge in [0.2, 0.25) is 5.13 Å². The molecule has 0 unspecified atom stereocenters. The lowest BCUT2D eigenvalue weighted by molar-refractivity contribution is 0.102. The predicted molar refractivity (Wildman–Crippen MR) is 123 cm³/mol. The number of benzene rings is 2. The molecular weight excluding hydrogens is 416 g/mol. The van der Waals surface area contributed by atoms with Crippen LogP contribution in [0, 0.1) is 20.8 Å². The molecule has 8 heteroatoms. The number of aromatic nitrogens is 3. The zero-order valence-corrected chi connectivity index (χ0v) is 18.4. The molecule has 0 bridgehead atoms. The molecule has 0 spiro atoms. The van der Waals surface area contributed by atoms with Crippen LogP contribution in [-0.2, 0) is 5.75 Å². The number of rotatable bonds is 5. The lowest BCUT2D eigenvalue weighted by atomic mass is 10.1. The number of hydrogen-bond donors (Lipinski definition) is 2. The van der Waals surface area contributed by atoms with Crippen LogP contribution in [0.4, 0.5) is 5.13 Å². The molecule has 30 heavy (non-hydrogen) atoms. The van der Waals surface area contributed by atoms with Crippen LogP contribution >= 0.6 is 23.1 Å². The maximum Gasteiger partial charge on any atom is 0.257 e. The second-order valence-corrected chi connectivity index (χ2v) is 9.35. The molecule has 0 aliphatic rings. The molecule has 0 fully saturated rings. The van der Waals surface area contributed by atoms with E-state index >= 15 is 0 Å². The molecule has 152 valence electrons. The van der Waals surface area contributed by atoms with E-state index in [0.29, 0.717) is 21.8 Å². The van der Waals surface area contributed by atoms with Crippen molar-refractivity contribution in [1.29, 1.82) is 0 Å². The molecule has 0 saturated carbocycles. The zero-order valence-electron chi connectivity index (χ0n) is 16.8. The number of carbonyl (C=O) groups is 1. The minimum absolute atomic E-state index is 0.00876. The van der Waals surface area contributed by atoms with Crippen molar-refractivity contribution in [2.24, 2.45) is 0 Å². The summed E-state index contributed by atoms with van der Waals surface area (Å²) in [5, 5.41) is 12.1. The lowest BCUT2D eigenvalue weighted by Crippen LogP contribution is -2.11. The van der Waals surface area contributed by atoms with Crippen molar-refractivity contribution in [1.82, 2.24) is 15.2 Å². The third-order valence-electron chi connectivity index (χ3n) is 4.63. The Labute approximate surface area is 181 Å². The highest BCUT2D eigenvalue weighted by atomic mass is 32.2. The van der Waals surface area contributed by atoms with Gasteiger partial charge in [-0.3, -0.25) is 14.9 Å². The minimum Gasteiger partial charge on any atom is -0.357 e. The Morgan fingerprint density at radius 3 is 2.60 bits per heavy atom. The summed E-state index contributed by atoms with van der Waals surface area (Å²) in [4.78, 5) is 28.2. The third kappa shape index (κ3) is 4.44. The first-order chi connectivity index (χ1) is 14.4. The van der Waals surface area contributed by atoms with Crippen molar-refractivity contribution >= 4 is 45.0 Å². The number of carbonyl (C=O) groups excluding carboxylic acids is 1. The van der Waals surface area contributed by atoms with Gasteiger partial charge < -0.3 is 4.98 Å². The molecule has 0 aliphatic heterocycles. The molecule has 2 N–H and O–H groups in total. The number of pyridine rings is 1. The molecule has 0 saturated heterocycles. The van der Waals surface area contributed by atoms with E-state index in [-0.39, 0.29) is 11.3 Å². The maximum absolute atomic E-state index is 12.5. The van der Waals surface area contributed by atoms with Crippen LogP contribution in [-0.4, -0.2) is 21.1 Å². The number of anilines is 1. The summed E-state index contributed by atoms with van der Waals surface area (Å²) in [6, 6.07) is 12.9. The van der Waals surface area contributed by atoms with E-state index in [1.807, 2.05) is 39.0 Å². The molecule has 0 atom stereocenters. The van der Waals surface area contributed by atoms with Crippen LogP contribution in [0.3, 0.4) is 0 Å². The number of H-pyrrole nitrogens is 1. The summed E-state index contributed by atoms with van der Waals surface area (Å²) < 4.78 is 0.718. The summed E-state index contributed by atoms with van der Waals surface area (Å²) in [6.45, 7) is 5.96. The molecular formula is C22H20N4O2S2. The first-order valence-corrected chi connectivity index (χ1v) is 11.2. The van der Waals surface area contributed by atoms with Crippen LogP contribution in [0.5, 0.6) is 0 Å². The normalized spacial score (nSPS) is 11.0. The van der Waals surface area contributed by atoms with Gasteiger partial charge in [0.15, 0.2) is 9.77 Å². The van der Waals surface area contributed by atoms with E-state index in [1.165, 1.54) is 23.1 Å². The van der Waals surface area contributed by atoms with E-state index in [4.69, 9.17) is 0 Å². The van der Waals surface area contributed by atoms with Crippen molar-refractivity contribution in [3.05, 3.63) is 80.6 Å². The fourth-order valence-electron chi connectivity index (χ4n) is 3.17. The van der Waals surface area contributed by atoms with Gasteiger partial charge in [-0.1, -0.05) is 46.9 Å². The molecule has 4 rings (SSSR count). The number of aryl methyl sites for hydroxylation is 3. The van der Waals surface area contributed by atoms with Crippen molar-refractivity contribution in [3.8, 4) is 0 Å². The maximum atomic E-state index is 12.5. The van der Waals surface area contributed by atoms with Crippen LogP contribution in [0.1, 0.15) is 32.7 Å². The topological polar surface area (TPSA) is 87.7 Å². The Bertz CT molecular complexity index is 1290. The van der Waals surface area contributed by atoms with Gasteiger partial charge in [0.05, 0.1) is 5.52 Å². The number of nitrogens with one attached hydrogen (secondary N) is 2. The minimum atomic E-state index is -0.215. The largest absolute Gasteiger partial charge is 0.357 e. The predicted octanol–water partition coefficient (Wildman–Crippen LogP) is 4.85. The first-order valence-electron chi connectivity index (χ1n) is 9.36. The van der Waals surface area contributed by atoms with Gasteiger partial charge in [-0.15, -0.1) is 10.2 Å². The van der Waals surface area contributed by atoms with Gasteiger partial charge >= 0.3 is 0 Å². The lowest BCUT2D eigenvalue weighted by Gasteiger charge is -2.07. The average molecular weight is 437 g/mol. The van der Waals surface area contributed by atoms with Crippen molar-refractivity contribution in [2.45, 2.75) is 30.9 Å². The standard InChI is InChI=1S/C22H20N4O2S2/c1-12-4-6-15(7-5-12)20(28)24-21-25-26-22(30-21)29-11-16-10-18(27)17-9-13(2)8-14(3)19(17)23-16/h4-10H,11H2,1-3H3,(H,23,27)(H,24,25,28). The monoisotopic (exact) mass is 436 g/mol. The number of amides is 1. The number of hydrogen-bond acceptors (Lipinski definition) is 6. The fraction of sp³-hybridized carbons (Fsp3) is 0.182. The highest BCUT2D eigenvalue weighted by Gasteiger charge is 2.12. The van der Waals surface area contributed by atoms with Gasteiger partial charge in [-0.25, -0.2) is 0 Å². The smallest absolute Gasteiger partial charge is 0.257 e. The molecule has 1 amide bonds. The SMILES string of the molecule is Cc1ccc(C(=O)Nc2nnc(SCc3cc(=O)c4cc(C)cc(C)c4[nH]3)s2)cc1. The highest BCUT2D eigenvalue weighted by molar-refractivity contribution is 8.00. The quantitative estimate of drug-likeness (QED) is 0.345. The van der Waals surface area contributed by atoms with Crippen LogP contribution in [0.2, 0.25) is 0 Å². The van der Waals surface area contributed by atoms with Crippen molar-refractivity contribution < 1.29 is 4.79 Å². The number of thioether (sulfide) groups is 1. The Morgan fingerprint density at radius 1 is 1.07 bits per heavy atom. The van der Waals surface area contributed by atoms with Gasteiger partial charge in [-0.2, -0.15) is 0 Å². The van der Waals surface area contributed by atoms with E-state index in [2.05, 4.69) is 26.6 Å². The van der Waals surface area contributed by atoms with E-state index in [1.54, 1.807) is 18.2 Å². The molecule has 2 aromatic carbocycles. The Morgan fingerprint density at radius 2 is 1.83 bits per heavy atom. The van der Waals surface area contributed by atoms with E-state index in [9.17, 15) is 9.59 Å². The fourth-order valence-corrected chi connectivity index (χ4v) is 4.83. The Balaban J connectivity index is 1.45. The molecule has 0 radical (unpaired) electrons. The molecule has 4 aromatic rings. The van der Waals surface area contributed by atoms with Crippen molar-refractivity contribution in [2.75, 3.05) is 5.32 Å². The summed E-state index contributed by atoms with van der Waals surface area (Å²) >= 11 is 2.78. The van der Waals surface area contributed by atoms with Gasteiger partial charge in [-0.05, 0) is 50.1 Å². The van der Waals surface area contributed by atoms with E-state index in [0.717, 1.165) is 32.2 Å². The number of fused-ring (bicyclic) bond motifs is 1. The Hall–Kier alpha value is -2.97. The molecule has 2 aromatic heterocycles. The van der Waals surface area contributed by atoms with Gasteiger partial charge in [0.1, 0.15) is 0 Å². The zero-order chi connectivity index (χ0) is 21.3. The highest BCUT2D eigenvalue weighted by Crippen LogP contribution is 2.28. The summed E-state index contributed by atoms with van der Waals surface area (Å²) in [6.07, 6.45) is 0. The van der Waals surface area contributed by atoms with E-state index < -0.39 is 0 Å². The van der Waals surface area contributed by atoms with Gasteiger partial charge in [0, 0.05) is 28.5 Å².